The summed E-state index contributed by atoms with van der Waals surface area (Å²) in [5.41, 5.74) is 7.07. The van der Waals surface area contributed by atoms with E-state index in [4.69, 9.17) is 17.0 Å². The molecule has 0 radical (unpaired) electrons. The number of hydrogen-bond acceptors (Lipinski definition) is 4. The average molecular weight is 497 g/mol. The van der Waals surface area contributed by atoms with Crippen LogP contribution in [-0.4, -0.2) is 32.6 Å². The van der Waals surface area contributed by atoms with Gasteiger partial charge in [-0.1, -0.05) is 36.4 Å². The zero-order valence-corrected chi connectivity index (χ0v) is 21.3. The predicted molar refractivity (Wildman–Crippen MR) is 144 cm³/mol. The Morgan fingerprint density at radius 1 is 1.03 bits per heavy atom. The molecule has 0 spiro atoms. The molecular weight excluding hydrogens is 468 g/mol. The van der Waals surface area contributed by atoms with E-state index >= 15 is 0 Å². The van der Waals surface area contributed by atoms with Gasteiger partial charge < -0.3 is 19.5 Å². The van der Waals surface area contributed by atoms with Crippen LogP contribution in [0.2, 0.25) is 0 Å². The van der Waals surface area contributed by atoms with Gasteiger partial charge in [-0.25, -0.2) is 4.79 Å². The van der Waals surface area contributed by atoms with Crippen LogP contribution in [0.15, 0.2) is 85.1 Å². The molecule has 0 aliphatic carbocycles. The Kier molecular flexibility index (Phi) is 6.57. The normalized spacial score (nSPS) is 17.2. The van der Waals surface area contributed by atoms with Gasteiger partial charge in [-0.3, -0.25) is 4.98 Å². The Hall–Kier alpha value is -3.97. The van der Waals surface area contributed by atoms with Gasteiger partial charge in [-0.2, -0.15) is 0 Å². The molecule has 3 heterocycles. The number of methoxy groups -OCH3 is 1. The van der Waals surface area contributed by atoms with E-state index in [1.54, 1.807) is 12.1 Å². The molecule has 0 bridgehead atoms. The summed E-state index contributed by atoms with van der Waals surface area (Å²) >= 11 is 5.86. The Morgan fingerprint density at radius 2 is 1.75 bits per heavy atom. The summed E-state index contributed by atoms with van der Waals surface area (Å²) in [6, 6.07) is 26.0. The summed E-state index contributed by atoms with van der Waals surface area (Å²) in [4.78, 5) is 18.8. The first-order chi connectivity index (χ1) is 17.5. The largest absolute Gasteiger partial charge is 0.465 e. The SMILES string of the molecule is COC(=O)c1ccc(-n2c(C)cc([C@@H]3[C@H](c4ccccn4)NC(=S)N3Cc3ccccc3)c2C)cc1. The number of nitrogens with zero attached hydrogens (tertiary/aromatic N) is 3. The summed E-state index contributed by atoms with van der Waals surface area (Å²) in [7, 11) is 1.39. The first-order valence-corrected chi connectivity index (χ1v) is 12.3. The maximum Gasteiger partial charge on any atom is 0.337 e. The lowest BCUT2D eigenvalue weighted by Gasteiger charge is -2.28. The number of aromatic nitrogens is 2. The second-order valence-electron chi connectivity index (χ2n) is 8.94. The molecule has 5 rings (SSSR count). The predicted octanol–water partition coefficient (Wildman–Crippen LogP) is 5.45. The number of thiocarbonyl (C=S) groups is 1. The molecule has 2 aromatic carbocycles. The Morgan fingerprint density at radius 3 is 2.42 bits per heavy atom. The lowest BCUT2D eigenvalue weighted by atomic mass is 9.96. The van der Waals surface area contributed by atoms with Crippen LogP contribution in [0.25, 0.3) is 5.69 Å². The lowest BCUT2D eigenvalue weighted by molar-refractivity contribution is 0.0600. The first-order valence-electron chi connectivity index (χ1n) is 11.9. The minimum Gasteiger partial charge on any atom is -0.465 e. The minimum absolute atomic E-state index is 0.0399. The summed E-state index contributed by atoms with van der Waals surface area (Å²) in [5, 5.41) is 4.26. The van der Waals surface area contributed by atoms with E-state index in [0.29, 0.717) is 17.2 Å². The summed E-state index contributed by atoms with van der Waals surface area (Å²) in [6.45, 7) is 4.93. The molecule has 6 nitrogen and oxygen atoms in total. The van der Waals surface area contributed by atoms with Gasteiger partial charge in [0.05, 0.1) is 30.5 Å². The van der Waals surface area contributed by atoms with E-state index in [-0.39, 0.29) is 18.1 Å². The Labute approximate surface area is 216 Å². The zero-order valence-electron chi connectivity index (χ0n) is 20.5. The van der Waals surface area contributed by atoms with Gasteiger partial charge >= 0.3 is 5.97 Å². The maximum absolute atomic E-state index is 11.9. The third kappa shape index (κ3) is 4.38. The molecule has 36 heavy (non-hydrogen) atoms. The number of nitrogens with one attached hydrogen (secondary N) is 1. The maximum atomic E-state index is 11.9. The second kappa shape index (κ2) is 9.95. The van der Waals surface area contributed by atoms with Crippen molar-refractivity contribution in [1.82, 2.24) is 19.8 Å². The smallest absolute Gasteiger partial charge is 0.337 e. The van der Waals surface area contributed by atoms with Crippen molar-refractivity contribution in [2.24, 2.45) is 0 Å². The van der Waals surface area contributed by atoms with E-state index in [2.05, 4.69) is 63.9 Å². The quantitative estimate of drug-likeness (QED) is 0.283. The van der Waals surface area contributed by atoms with Gasteiger partial charge in [0.2, 0.25) is 0 Å². The van der Waals surface area contributed by atoms with E-state index in [1.165, 1.54) is 18.2 Å². The van der Waals surface area contributed by atoms with E-state index in [0.717, 1.165) is 22.8 Å². The molecule has 1 aliphatic heterocycles. The molecule has 7 heteroatoms. The lowest BCUT2D eigenvalue weighted by Crippen LogP contribution is -2.29. The van der Waals surface area contributed by atoms with Crippen LogP contribution in [0.3, 0.4) is 0 Å². The highest BCUT2D eigenvalue weighted by Crippen LogP contribution is 2.42. The molecule has 2 atom stereocenters. The third-order valence-corrected chi connectivity index (χ3v) is 7.08. The summed E-state index contributed by atoms with van der Waals surface area (Å²) in [5.74, 6) is -0.344. The number of pyridine rings is 1. The Bertz CT molecular complexity index is 1380. The van der Waals surface area contributed by atoms with E-state index in [1.807, 2.05) is 42.6 Å². The van der Waals surface area contributed by atoms with Crippen LogP contribution < -0.4 is 5.32 Å². The van der Waals surface area contributed by atoms with Crippen molar-refractivity contribution < 1.29 is 9.53 Å². The Balaban J connectivity index is 1.58. The number of ether oxygens (including phenoxy) is 1. The number of rotatable bonds is 6. The molecule has 1 saturated heterocycles. The molecular formula is C29H28N4O2S. The van der Waals surface area contributed by atoms with Crippen molar-refractivity contribution in [2.75, 3.05) is 7.11 Å². The number of carbonyl (C=O) groups is 1. The van der Waals surface area contributed by atoms with Gasteiger partial charge in [0.25, 0.3) is 0 Å². The van der Waals surface area contributed by atoms with Crippen LogP contribution in [0, 0.1) is 13.8 Å². The number of hydrogen-bond donors (Lipinski definition) is 1. The standard InChI is InChI=1S/C29H28N4O2S/c1-19-17-24(20(2)33(19)23-14-12-22(13-15-23)28(34)35-3)27-26(25-11-7-8-16-30-25)31-29(36)32(27)18-21-9-5-4-6-10-21/h4-17,26-27H,18H2,1-3H3,(H,31,36)/t26-,27+/m0/s1. The molecule has 4 aromatic rings. The van der Waals surface area contributed by atoms with Crippen molar-refractivity contribution in [3.63, 3.8) is 0 Å². The van der Waals surface area contributed by atoms with Crippen molar-refractivity contribution in [2.45, 2.75) is 32.5 Å². The van der Waals surface area contributed by atoms with Crippen LogP contribution in [0.1, 0.15) is 50.7 Å². The molecule has 0 unspecified atom stereocenters. The number of carbonyl (C=O) groups excluding carboxylic acids is 1. The highest BCUT2D eigenvalue weighted by molar-refractivity contribution is 7.80. The molecule has 1 N–H and O–H groups in total. The highest BCUT2D eigenvalue weighted by atomic mass is 32.1. The van der Waals surface area contributed by atoms with Crippen molar-refractivity contribution in [3.8, 4) is 5.69 Å². The molecule has 1 fully saturated rings. The topological polar surface area (TPSA) is 59.4 Å². The van der Waals surface area contributed by atoms with Gasteiger partial charge in [-0.15, -0.1) is 0 Å². The van der Waals surface area contributed by atoms with Crippen LogP contribution in [0.4, 0.5) is 0 Å². The molecule has 2 aromatic heterocycles. The van der Waals surface area contributed by atoms with Gasteiger partial charge in [-0.05, 0) is 79.7 Å². The molecule has 1 aliphatic rings. The minimum atomic E-state index is -0.344. The number of aryl methyl sites for hydroxylation is 1. The van der Waals surface area contributed by atoms with Crippen LogP contribution in [0.5, 0.6) is 0 Å². The van der Waals surface area contributed by atoms with Gasteiger partial charge in [0, 0.05) is 29.8 Å². The second-order valence-corrected chi connectivity index (χ2v) is 9.33. The monoisotopic (exact) mass is 496 g/mol. The zero-order chi connectivity index (χ0) is 25.2. The average Bonchev–Trinajstić information content (AvgIpc) is 3.39. The van der Waals surface area contributed by atoms with Gasteiger partial charge in [0.15, 0.2) is 5.11 Å². The fraction of sp³-hybridized carbons (Fsp3) is 0.207. The molecule has 0 saturated carbocycles. The molecule has 182 valence electrons. The van der Waals surface area contributed by atoms with Crippen LogP contribution in [-0.2, 0) is 11.3 Å². The van der Waals surface area contributed by atoms with Crippen LogP contribution >= 0.6 is 12.2 Å². The van der Waals surface area contributed by atoms with Crippen molar-refractivity contribution in [3.05, 3.63) is 119 Å². The van der Waals surface area contributed by atoms with Crippen molar-refractivity contribution in [1.29, 1.82) is 0 Å². The first kappa shape index (κ1) is 23.8. The van der Waals surface area contributed by atoms with E-state index in [9.17, 15) is 4.79 Å². The fourth-order valence-corrected chi connectivity index (χ4v) is 5.35. The highest BCUT2D eigenvalue weighted by Gasteiger charge is 2.41. The summed E-state index contributed by atoms with van der Waals surface area (Å²) < 4.78 is 7.07. The summed E-state index contributed by atoms with van der Waals surface area (Å²) in [6.07, 6.45) is 1.82. The van der Waals surface area contributed by atoms with Crippen molar-refractivity contribution >= 4 is 23.3 Å². The number of esters is 1. The number of benzene rings is 2. The fourth-order valence-electron chi connectivity index (χ4n) is 5.04. The van der Waals surface area contributed by atoms with Gasteiger partial charge in [0.1, 0.15) is 0 Å². The third-order valence-electron chi connectivity index (χ3n) is 6.73. The molecule has 0 amide bonds. The van der Waals surface area contributed by atoms with E-state index < -0.39 is 0 Å².